The molecule has 0 spiro atoms. The van der Waals surface area contributed by atoms with E-state index in [0.29, 0.717) is 5.92 Å². The molecule has 0 heterocycles. The summed E-state index contributed by atoms with van der Waals surface area (Å²) < 4.78 is 0. The van der Waals surface area contributed by atoms with E-state index >= 15 is 0 Å². The van der Waals surface area contributed by atoms with Gasteiger partial charge in [0.15, 0.2) is 0 Å². The number of carboxylic acids is 1. The summed E-state index contributed by atoms with van der Waals surface area (Å²) in [5.41, 5.74) is 0.858. The average Bonchev–Trinajstić information content (AvgIpc) is 2.16. The Morgan fingerprint density at radius 3 is 2.40 bits per heavy atom. The Labute approximate surface area is 94.7 Å². The van der Waals surface area contributed by atoms with Gasteiger partial charge in [0.05, 0.1) is 6.42 Å². The van der Waals surface area contributed by atoms with Gasteiger partial charge in [-0.2, -0.15) is 0 Å². The van der Waals surface area contributed by atoms with E-state index in [0.717, 1.165) is 11.3 Å². The SMILES string of the molecule is CC(C)CSc1ccc(CC(=O)O)cc1. The molecule has 0 fully saturated rings. The minimum atomic E-state index is -0.780. The smallest absolute Gasteiger partial charge is 0.307 e. The van der Waals surface area contributed by atoms with Gasteiger partial charge in [-0.25, -0.2) is 0 Å². The van der Waals surface area contributed by atoms with Crippen LogP contribution in [0.25, 0.3) is 0 Å². The lowest BCUT2D eigenvalue weighted by Crippen LogP contribution is -1.99. The first-order chi connectivity index (χ1) is 7.08. The summed E-state index contributed by atoms with van der Waals surface area (Å²) in [4.78, 5) is 11.7. The molecule has 0 aliphatic heterocycles. The Morgan fingerprint density at radius 1 is 1.33 bits per heavy atom. The molecule has 15 heavy (non-hydrogen) atoms. The molecule has 0 unspecified atom stereocenters. The summed E-state index contributed by atoms with van der Waals surface area (Å²) >= 11 is 1.81. The van der Waals surface area contributed by atoms with Gasteiger partial charge in [0.1, 0.15) is 0 Å². The quantitative estimate of drug-likeness (QED) is 0.781. The molecule has 1 aromatic carbocycles. The lowest BCUT2D eigenvalue weighted by atomic mass is 10.2. The van der Waals surface area contributed by atoms with Crippen LogP contribution in [-0.4, -0.2) is 16.8 Å². The van der Waals surface area contributed by atoms with Crippen molar-refractivity contribution in [2.45, 2.75) is 25.2 Å². The standard InChI is InChI=1S/C12H16O2S/c1-9(2)8-15-11-5-3-10(4-6-11)7-12(13)14/h3-6,9H,7-8H2,1-2H3,(H,13,14). The summed E-state index contributed by atoms with van der Waals surface area (Å²) in [6.45, 7) is 4.37. The Kier molecular flexibility index (Phi) is 4.69. The van der Waals surface area contributed by atoms with Gasteiger partial charge in [0.25, 0.3) is 0 Å². The predicted molar refractivity (Wildman–Crippen MR) is 63.3 cm³/mol. The van der Waals surface area contributed by atoms with E-state index in [9.17, 15) is 4.79 Å². The molecule has 3 heteroatoms. The van der Waals surface area contributed by atoms with Gasteiger partial charge in [0.2, 0.25) is 0 Å². The molecule has 0 saturated carbocycles. The zero-order chi connectivity index (χ0) is 11.3. The van der Waals surface area contributed by atoms with E-state index in [4.69, 9.17) is 5.11 Å². The fourth-order valence-corrected chi connectivity index (χ4v) is 2.00. The second kappa shape index (κ2) is 5.81. The van der Waals surface area contributed by atoms with E-state index in [-0.39, 0.29) is 6.42 Å². The van der Waals surface area contributed by atoms with Crippen molar-refractivity contribution in [1.29, 1.82) is 0 Å². The molecule has 1 rings (SSSR count). The van der Waals surface area contributed by atoms with Crippen molar-refractivity contribution >= 4 is 17.7 Å². The largest absolute Gasteiger partial charge is 0.481 e. The molecule has 1 aromatic rings. The van der Waals surface area contributed by atoms with Gasteiger partial charge >= 0.3 is 5.97 Å². The molecule has 0 aliphatic rings. The maximum atomic E-state index is 10.5. The summed E-state index contributed by atoms with van der Waals surface area (Å²) in [5.74, 6) is 0.990. The molecule has 1 N–H and O–H groups in total. The van der Waals surface area contributed by atoms with Crippen LogP contribution in [0.4, 0.5) is 0 Å². The van der Waals surface area contributed by atoms with E-state index in [1.807, 2.05) is 36.0 Å². The lowest BCUT2D eigenvalue weighted by molar-refractivity contribution is -0.136. The van der Waals surface area contributed by atoms with Gasteiger partial charge < -0.3 is 5.11 Å². The number of hydrogen-bond acceptors (Lipinski definition) is 2. The van der Waals surface area contributed by atoms with Gasteiger partial charge in [-0.3, -0.25) is 4.79 Å². The van der Waals surface area contributed by atoms with Crippen LogP contribution < -0.4 is 0 Å². The van der Waals surface area contributed by atoms with Gasteiger partial charge in [-0.1, -0.05) is 26.0 Å². The third-order valence-electron chi connectivity index (χ3n) is 1.86. The topological polar surface area (TPSA) is 37.3 Å². The summed E-state index contributed by atoms with van der Waals surface area (Å²) in [6.07, 6.45) is 0.106. The van der Waals surface area contributed by atoms with Crippen LogP contribution in [0.15, 0.2) is 29.2 Å². The third-order valence-corrected chi connectivity index (χ3v) is 3.30. The zero-order valence-corrected chi connectivity index (χ0v) is 9.88. The fourth-order valence-electron chi connectivity index (χ4n) is 1.14. The van der Waals surface area contributed by atoms with Crippen molar-refractivity contribution in [1.82, 2.24) is 0 Å². The highest BCUT2D eigenvalue weighted by atomic mass is 32.2. The van der Waals surface area contributed by atoms with Crippen LogP contribution in [0.2, 0.25) is 0 Å². The minimum absolute atomic E-state index is 0.106. The normalized spacial score (nSPS) is 10.6. The number of hydrogen-bond donors (Lipinski definition) is 1. The van der Waals surface area contributed by atoms with Crippen LogP contribution in [0.1, 0.15) is 19.4 Å². The number of carboxylic acid groups (broad SMARTS) is 1. The van der Waals surface area contributed by atoms with Gasteiger partial charge in [-0.15, -0.1) is 11.8 Å². The highest BCUT2D eigenvalue weighted by molar-refractivity contribution is 7.99. The van der Waals surface area contributed by atoms with Gasteiger partial charge in [-0.05, 0) is 23.6 Å². The Bertz CT molecular complexity index is 317. The molecule has 0 bridgehead atoms. The maximum Gasteiger partial charge on any atom is 0.307 e. The maximum absolute atomic E-state index is 10.5. The van der Waals surface area contributed by atoms with E-state index < -0.39 is 5.97 Å². The van der Waals surface area contributed by atoms with Crippen LogP contribution in [0.5, 0.6) is 0 Å². The van der Waals surface area contributed by atoms with Crippen molar-refractivity contribution < 1.29 is 9.90 Å². The molecule has 0 amide bonds. The van der Waals surface area contributed by atoms with E-state index in [1.165, 1.54) is 4.90 Å². The number of benzene rings is 1. The van der Waals surface area contributed by atoms with Crippen molar-refractivity contribution in [3.05, 3.63) is 29.8 Å². The van der Waals surface area contributed by atoms with Crippen LogP contribution in [-0.2, 0) is 11.2 Å². The van der Waals surface area contributed by atoms with Crippen LogP contribution in [0.3, 0.4) is 0 Å². The third kappa shape index (κ3) is 4.88. The molecule has 2 nitrogen and oxygen atoms in total. The minimum Gasteiger partial charge on any atom is -0.481 e. The predicted octanol–water partition coefficient (Wildman–Crippen LogP) is 3.06. The average molecular weight is 224 g/mol. The number of carbonyl (C=O) groups is 1. The summed E-state index contributed by atoms with van der Waals surface area (Å²) in [6, 6.07) is 7.75. The highest BCUT2D eigenvalue weighted by Crippen LogP contribution is 2.20. The first kappa shape index (κ1) is 12.1. The summed E-state index contributed by atoms with van der Waals surface area (Å²) in [7, 11) is 0. The van der Waals surface area contributed by atoms with Crippen molar-refractivity contribution in [3.8, 4) is 0 Å². The molecule has 0 radical (unpaired) electrons. The fraction of sp³-hybridized carbons (Fsp3) is 0.417. The molecule has 0 saturated heterocycles. The summed E-state index contributed by atoms with van der Waals surface area (Å²) in [5, 5.41) is 8.61. The van der Waals surface area contributed by atoms with Crippen LogP contribution in [0, 0.1) is 5.92 Å². The first-order valence-corrected chi connectivity index (χ1v) is 6.00. The molecule has 0 atom stereocenters. The second-order valence-electron chi connectivity index (χ2n) is 3.92. The number of thioether (sulfide) groups is 1. The first-order valence-electron chi connectivity index (χ1n) is 5.01. The second-order valence-corrected chi connectivity index (χ2v) is 5.01. The molecule has 0 aliphatic carbocycles. The Balaban J connectivity index is 2.52. The zero-order valence-electron chi connectivity index (χ0n) is 9.06. The lowest BCUT2D eigenvalue weighted by Gasteiger charge is -2.05. The monoisotopic (exact) mass is 224 g/mol. The van der Waals surface area contributed by atoms with E-state index in [1.54, 1.807) is 0 Å². The molecular formula is C12H16O2S. The molecular weight excluding hydrogens is 208 g/mol. The molecule has 82 valence electrons. The van der Waals surface area contributed by atoms with Crippen molar-refractivity contribution in [2.75, 3.05) is 5.75 Å². The Hall–Kier alpha value is -0.960. The van der Waals surface area contributed by atoms with Crippen LogP contribution >= 0.6 is 11.8 Å². The highest BCUT2D eigenvalue weighted by Gasteiger charge is 2.01. The number of rotatable bonds is 5. The molecule has 0 aromatic heterocycles. The van der Waals surface area contributed by atoms with Crippen molar-refractivity contribution in [2.24, 2.45) is 5.92 Å². The Morgan fingerprint density at radius 2 is 1.93 bits per heavy atom. The van der Waals surface area contributed by atoms with Gasteiger partial charge in [0, 0.05) is 10.6 Å². The van der Waals surface area contributed by atoms with E-state index in [2.05, 4.69) is 13.8 Å². The van der Waals surface area contributed by atoms with Crippen molar-refractivity contribution in [3.63, 3.8) is 0 Å². The number of aliphatic carboxylic acids is 1.